The van der Waals surface area contributed by atoms with Crippen LogP contribution in [0.4, 0.5) is 13.2 Å². The molecule has 0 amide bonds. The maximum atomic E-state index is 12.2. The van der Waals surface area contributed by atoms with Gasteiger partial charge in [-0.2, -0.15) is 13.2 Å². The maximum Gasteiger partial charge on any atom is 0.401 e. The van der Waals surface area contributed by atoms with Gasteiger partial charge in [-0.25, -0.2) is 0 Å². The molecule has 0 spiro atoms. The molecule has 0 saturated heterocycles. The standard InChI is InChI=1S/C11H13BrF3N/c1-2-16(8-11(13,14)15)7-9-3-5-10(12)6-4-9/h3-6H,2,7-8H2,1H3. The largest absolute Gasteiger partial charge is 0.401 e. The Morgan fingerprint density at radius 2 is 1.75 bits per heavy atom. The van der Waals surface area contributed by atoms with Crippen LogP contribution in [0.3, 0.4) is 0 Å². The van der Waals surface area contributed by atoms with Crippen molar-refractivity contribution in [3.05, 3.63) is 34.3 Å². The summed E-state index contributed by atoms with van der Waals surface area (Å²) in [6.45, 7) is 1.57. The molecule has 0 saturated carbocycles. The normalized spacial score (nSPS) is 12.1. The number of rotatable bonds is 4. The van der Waals surface area contributed by atoms with Crippen LogP contribution in [0.5, 0.6) is 0 Å². The first-order chi connectivity index (χ1) is 7.40. The van der Waals surface area contributed by atoms with Gasteiger partial charge in [0.15, 0.2) is 0 Å². The highest BCUT2D eigenvalue weighted by atomic mass is 79.9. The van der Waals surface area contributed by atoms with Crippen LogP contribution < -0.4 is 0 Å². The van der Waals surface area contributed by atoms with Crippen molar-refractivity contribution in [2.24, 2.45) is 0 Å². The zero-order valence-electron chi connectivity index (χ0n) is 8.89. The van der Waals surface area contributed by atoms with E-state index < -0.39 is 12.7 Å². The van der Waals surface area contributed by atoms with E-state index in [9.17, 15) is 13.2 Å². The first-order valence-electron chi connectivity index (χ1n) is 4.94. The van der Waals surface area contributed by atoms with Gasteiger partial charge in [-0.1, -0.05) is 35.0 Å². The van der Waals surface area contributed by atoms with Crippen LogP contribution in [0.1, 0.15) is 12.5 Å². The van der Waals surface area contributed by atoms with E-state index >= 15 is 0 Å². The number of hydrogen-bond acceptors (Lipinski definition) is 1. The van der Waals surface area contributed by atoms with Crippen LogP contribution >= 0.6 is 15.9 Å². The van der Waals surface area contributed by atoms with Crippen LogP contribution in [0.25, 0.3) is 0 Å². The van der Waals surface area contributed by atoms with Gasteiger partial charge in [-0.05, 0) is 24.2 Å². The highest BCUT2D eigenvalue weighted by molar-refractivity contribution is 9.10. The number of alkyl halides is 3. The monoisotopic (exact) mass is 295 g/mol. The first-order valence-corrected chi connectivity index (χ1v) is 5.73. The summed E-state index contributed by atoms with van der Waals surface area (Å²) in [5.41, 5.74) is 0.884. The molecule has 0 fully saturated rings. The van der Waals surface area contributed by atoms with Gasteiger partial charge < -0.3 is 0 Å². The molecule has 1 aromatic carbocycles. The van der Waals surface area contributed by atoms with Crippen LogP contribution in [0.15, 0.2) is 28.7 Å². The van der Waals surface area contributed by atoms with Crippen molar-refractivity contribution < 1.29 is 13.2 Å². The van der Waals surface area contributed by atoms with E-state index in [1.54, 1.807) is 6.92 Å². The topological polar surface area (TPSA) is 3.24 Å². The van der Waals surface area contributed by atoms with E-state index in [4.69, 9.17) is 0 Å². The van der Waals surface area contributed by atoms with Crippen molar-refractivity contribution >= 4 is 15.9 Å². The highest BCUT2D eigenvalue weighted by Gasteiger charge is 2.29. The van der Waals surface area contributed by atoms with Gasteiger partial charge >= 0.3 is 6.18 Å². The summed E-state index contributed by atoms with van der Waals surface area (Å²) in [7, 11) is 0. The lowest BCUT2D eigenvalue weighted by Gasteiger charge is -2.21. The van der Waals surface area contributed by atoms with Crippen LogP contribution in [0.2, 0.25) is 0 Å². The molecule has 0 aliphatic carbocycles. The first kappa shape index (κ1) is 13.5. The molecule has 0 atom stereocenters. The molecule has 0 radical (unpaired) electrons. The smallest absolute Gasteiger partial charge is 0.291 e. The summed E-state index contributed by atoms with van der Waals surface area (Å²) in [6, 6.07) is 7.31. The van der Waals surface area contributed by atoms with Crippen LogP contribution in [0, 0.1) is 0 Å². The highest BCUT2D eigenvalue weighted by Crippen LogP contribution is 2.18. The molecule has 1 aromatic rings. The molecule has 16 heavy (non-hydrogen) atoms. The van der Waals surface area contributed by atoms with Crippen LogP contribution in [-0.4, -0.2) is 24.2 Å². The lowest BCUT2D eigenvalue weighted by molar-refractivity contribution is -0.146. The molecular weight excluding hydrogens is 283 g/mol. The molecule has 1 rings (SSSR count). The molecule has 0 aliphatic rings. The number of benzene rings is 1. The summed E-state index contributed by atoms with van der Waals surface area (Å²) < 4.78 is 37.6. The second-order valence-electron chi connectivity index (χ2n) is 3.54. The quantitative estimate of drug-likeness (QED) is 0.816. The van der Waals surface area contributed by atoms with Gasteiger partial charge in [0, 0.05) is 11.0 Å². The minimum atomic E-state index is -4.13. The van der Waals surface area contributed by atoms with E-state index in [1.165, 1.54) is 4.90 Å². The summed E-state index contributed by atoms with van der Waals surface area (Å²) in [5.74, 6) is 0. The molecule has 90 valence electrons. The third-order valence-electron chi connectivity index (χ3n) is 2.17. The van der Waals surface area contributed by atoms with Crippen molar-refractivity contribution in [1.29, 1.82) is 0 Å². The summed E-state index contributed by atoms with van der Waals surface area (Å²) in [4.78, 5) is 1.36. The Morgan fingerprint density at radius 3 is 2.19 bits per heavy atom. The predicted molar refractivity (Wildman–Crippen MR) is 61.1 cm³/mol. The average molecular weight is 296 g/mol. The van der Waals surface area contributed by atoms with E-state index in [0.29, 0.717) is 13.1 Å². The second-order valence-corrected chi connectivity index (χ2v) is 4.46. The molecule has 5 heteroatoms. The van der Waals surface area contributed by atoms with E-state index in [1.807, 2.05) is 24.3 Å². The predicted octanol–water partition coefficient (Wildman–Crippen LogP) is 3.83. The Kier molecular flexibility index (Phi) is 4.80. The van der Waals surface area contributed by atoms with Crippen molar-refractivity contribution in [3.8, 4) is 0 Å². The van der Waals surface area contributed by atoms with Gasteiger partial charge in [-0.3, -0.25) is 4.90 Å². The molecular formula is C11H13BrF3N. The third-order valence-corrected chi connectivity index (χ3v) is 2.70. The minimum absolute atomic E-state index is 0.323. The lowest BCUT2D eigenvalue weighted by Crippen LogP contribution is -2.33. The van der Waals surface area contributed by atoms with Gasteiger partial charge in [0.2, 0.25) is 0 Å². The lowest BCUT2D eigenvalue weighted by atomic mass is 10.2. The van der Waals surface area contributed by atoms with E-state index in [2.05, 4.69) is 15.9 Å². The molecule has 0 aromatic heterocycles. The Labute approximate surface area is 101 Å². The van der Waals surface area contributed by atoms with Gasteiger partial charge in [0.1, 0.15) is 0 Å². The fourth-order valence-electron chi connectivity index (χ4n) is 1.38. The van der Waals surface area contributed by atoms with Crippen molar-refractivity contribution in [1.82, 2.24) is 4.90 Å². The fourth-order valence-corrected chi connectivity index (χ4v) is 1.65. The van der Waals surface area contributed by atoms with Crippen molar-refractivity contribution in [2.45, 2.75) is 19.6 Å². The Bertz CT molecular complexity index is 321. The third kappa shape index (κ3) is 4.99. The van der Waals surface area contributed by atoms with Gasteiger partial charge in [0.25, 0.3) is 0 Å². The van der Waals surface area contributed by atoms with Gasteiger partial charge in [-0.15, -0.1) is 0 Å². The van der Waals surface area contributed by atoms with Gasteiger partial charge in [0.05, 0.1) is 6.54 Å². The van der Waals surface area contributed by atoms with E-state index in [-0.39, 0.29) is 0 Å². The van der Waals surface area contributed by atoms with E-state index in [0.717, 1.165) is 10.0 Å². The van der Waals surface area contributed by atoms with Crippen LogP contribution in [-0.2, 0) is 6.54 Å². The minimum Gasteiger partial charge on any atom is -0.291 e. The van der Waals surface area contributed by atoms with Crippen molar-refractivity contribution in [2.75, 3.05) is 13.1 Å². The zero-order valence-corrected chi connectivity index (χ0v) is 10.5. The number of hydrogen-bond donors (Lipinski definition) is 0. The zero-order chi connectivity index (χ0) is 12.2. The molecule has 0 aliphatic heterocycles. The molecule has 0 unspecified atom stereocenters. The second kappa shape index (κ2) is 5.68. The average Bonchev–Trinajstić information content (AvgIpc) is 2.18. The molecule has 0 heterocycles. The maximum absolute atomic E-state index is 12.2. The molecule has 0 N–H and O–H groups in total. The Hall–Kier alpha value is -0.550. The molecule has 1 nitrogen and oxygen atoms in total. The Morgan fingerprint density at radius 1 is 1.19 bits per heavy atom. The number of halogens is 4. The fraction of sp³-hybridized carbons (Fsp3) is 0.455. The SMILES string of the molecule is CCN(Cc1ccc(Br)cc1)CC(F)(F)F. The number of nitrogens with zero attached hydrogens (tertiary/aromatic N) is 1. The molecule has 0 bridgehead atoms. The van der Waals surface area contributed by atoms with Crippen molar-refractivity contribution in [3.63, 3.8) is 0 Å². The summed E-state index contributed by atoms with van der Waals surface area (Å²) >= 11 is 3.28. The summed E-state index contributed by atoms with van der Waals surface area (Å²) in [6.07, 6.45) is -4.13. The summed E-state index contributed by atoms with van der Waals surface area (Å²) in [5, 5.41) is 0. The Balaban J connectivity index is 2.60.